The van der Waals surface area contributed by atoms with Crippen molar-refractivity contribution in [3.8, 4) is 0 Å². The van der Waals surface area contributed by atoms with Crippen LogP contribution in [0, 0.1) is 17.8 Å². The molecule has 19 unspecified atom stereocenters. The number of hydrogen-bond donors (Lipinski definition) is 11. The van der Waals surface area contributed by atoms with Gasteiger partial charge in [0.2, 0.25) is 0 Å². The summed E-state index contributed by atoms with van der Waals surface area (Å²) in [6.07, 6.45) is -11.5. The third-order valence-electron chi connectivity index (χ3n) is 12.3. The van der Waals surface area contributed by atoms with E-state index in [0.29, 0.717) is 18.8 Å². The summed E-state index contributed by atoms with van der Waals surface area (Å²) in [5, 5.41) is 115. The van der Waals surface area contributed by atoms with Crippen molar-refractivity contribution in [3.63, 3.8) is 0 Å². The first-order valence-electron chi connectivity index (χ1n) is 19.3. The van der Waals surface area contributed by atoms with Gasteiger partial charge < -0.3 is 84.6 Å². The lowest BCUT2D eigenvalue weighted by Gasteiger charge is -2.50. The van der Waals surface area contributed by atoms with E-state index in [-0.39, 0.29) is 50.9 Å². The Kier molecular flexibility index (Phi) is 14.6. The Balaban J connectivity index is 1.15. The molecule has 0 amide bonds. The van der Waals surface area contributed by atoms with Crippen molar-refractivity contribution in [1.82, 2.24) is 0 Å². The third kappa shape index (κ3) is 9.79. The zero-order chi connectivity index (χ0) is 38.0. The lowest BCUT2D eigenvalue weighted by molar-refractivity contribution is -0.367. The normalized spacial score (nSPS) is 51.3. The fourth-order valence-corrected chi connectivity index (χ4v) is 9.12. The second-order valence-corrected chi connectivity index (χ2v) is 16.0. The van der Waals surface area contributed by atoms with E-state index in [0.717, 1.165) is 25.7 Å². The first kappa shape index (κ1) is 41.7. The predicted octanol–water partition coefficient (Wildman–Crippen LogP) is -3.55. The maximum absolute atomic E-state index is 11.1. The van der Waals surface area contributed by atoms with Crippen molar-refractivity contribution in [1.29, 1.82) is 0 Å². The van der Waals surface area contributed by atoms with Gasteiger partial charge >= 0.3 is 0 Å². The van der Waals surface area contributed by atoms with Crippen molar-refractivity contribution >= 4 is 0 Å². The number of fused-ring (bicyclic) bond motifs is 1. The van der Waals surface area contributed by atoms with Gasteiger partial charge in [-0.2, -0.15) is 0 Å². The molecule has 0 radical (unpaired) electrons. The van der Waals surface area contributed by atoms with Crippen LogP contribution in [0.3, 0.4) is 0 Å². The lowest BCUT2D eigenvalue weighted by Crippen LogP contribution is -2.64. The Morgan fingerprint density at radius 1 is 0.604 bits per heavy atom. The number of rotatable bonds is 11. The molecule has 3 saturated heterocycles. The van der Waals surface area contributed by atoms with Gasteiger partial charge in [-0.25, -0.2) is 0 Å². The molecule has 3 aliphatic carbocycles. The molecule has 306 valence electrons. The molecule has 3 aliphatic heterocycles. The summed E-state index contributed by atoms with van der Waals surface area (Å²) in [7, 11) is 0. The van der Waals surface area contributed by atoms with Gasteiger partial charge in [-0.05, 0) is 57.3 Å². The monoisotopic (exact) mass is 765 g/mol. The zero-order valence-electron chi connectivity index (χ0n) is 29.9. The minimum absolute atomic E-state index is 0.110. The van der Waals surface area contributed by atoms with E-state index in [1.165, 1.54) is 0 Å². The molecule has 0 spiro atoms. The first-order chi connectivity index (χ1) is 25.3. The minimum Gasteiger partial charge on any atom is -0.427 e. The zero-order valence-corrected chi connectivity index (χ0v) is 29.9. The van der Waals surface area contributed by atoms with Crippen LogP contribution in [-0.4, -0.2) is 191 Å². The standard InChI is InChI=1S/C36H60O17/c37-14-26-28(42)30(44)32(46)35(52-26)50-24-12-19(39)11-23-20(24)13-25(34(49-23)17-5-8-21(40)22(41)10-17)51-36-33(47)31(45)29(43)27(53-36)15-48-9-1-2-16-3-6-18(38)7-4-16/h1-2,16-47H,3-15H2/p+1. The maximum Gasteiger partial charge on any atom is 0.187 e. The predicted molar refractivity (Wildman–Crippen MR) is 181 cm³/mol. The Labute approximate surface area is 308 Å². The van der Waals surface area contributed by atoms with E-state index in [1.54, 1.807) is 0 Å². The number of allylic oxidation sites excluding steroid dienone is 1. The van der Waals surface area contributed by atoms with Crippen LogP contribution in [0.1, 0.15) is 64.2 Å². The van der Waals surface area contributed by atoms with Gasteiger partial charge in [0.05, 0.1) is 56.3 Å². The average Bonchev–Trinajstić information content (AvgIpc) is 3.14. The van der Waals surface area contributed by atoms with E-state index < -0.39 is 117 Å². The molecule has 53 heavy (non-hydrogen) atoms. The first-order valence-corrected chi connectivity index (χ1v) is 19.3. The molecule has 3 saturated carbocycles. The largest absolute Gasteiger partial charge is 0.427 e. The number of ether oxygens (including phenoxy) is 6. The van der Waals surface area contributed by atoms with Crippen LogP contribution in [0.5, 0.6) is 0 Å². The van der Waals surface area contributed by atoms with E-state index in [1.807, 2.05) is 6.08 Å². The average molecular weight is 766 g/mol. The SMILES string of the molecule is OCC1OC(OC2CC(O)CC3[OH+]C(C4CCC(O)C(O)C4)C(OC4OC(COCC=CC5CCC(O)CC5)C(O)C(O)C4O)CC23)C(O)C(O)C1O. The second-order valence-electron chi connectivity index (χ2n) is 16.0. The Morgan fingerprint density at radius 3 is 1.91 bits per heavy atom. The van der Waals surface area contributed by atoms with Gasteiger partial charge in [0.15, 0.2) is 24.8 Å². The summed E-state index contributed by atoms with van der Waals surface area (Å²) >= 11 is 0. The molecule has 0 aromatic carbocycles. The molecule has 17 nitrogen and oxygen atoms in total. The van der Waals surface area contributed by atoms with Crippen LogP contribution in [0.4, 0.5) is 0 Å². The molecule has 6 rings (SSSR count). The second kappa shape index (κ2) is 18.5. The number of aliphatic hydroxyl groups is 13. The summed E-state index contributed by atoms with van der Waals surface area (Å²) in [5.74, 6) is -0.344. The fraction of sp³-hybridized carbons (Fsp3) is 0.944. The van der Waals surface area contributed by atoms with Crippen LogP contribution in [0.15, 0.2) is 12.2 Å². The van der Waals surface area contributed by atoms with E-state index in [9.17, 15) is 56.2 Å². The van der Waals surface area contributed by atoms with E-state index in [4.69, 9.17) is 28.4 Å². The highest BCUT2D eigenvalue weighted by molar-refractivity contribution is 5.00. The molecular weight excluding hydrogens is 704 g/mol. The smallest absolute Gasteiger partial charge is 0.187 e. The fourth-order valence-electron chi connectivity index (χ4n) is 9.12. The molecule has 0 aromatic rings. The number of hydrogen-bond acceptors (Lipinski definition) is 16. The molecule has 0 bridgehead atoms. The Morgan fingerprint density at radius 2 is 1.25 bits per heavy atom. The number of aliphatic hydroxyl groups excluding tert-OH is 11. The van der Waals surface area contributed by atoms with Crippen molar-refractivity contribution in [3.05, 3.63) is 12.2 Å². The Bertz CT molecular complexity index is 1160. The van der Waals surface area contributed by atoms with Crippen LogP contribution in [0.25, 0.3) is 0 Å². The Hall–Kier alpha value is -0.940. The molecule has 12 N–H and O–H groups in total. The molecular formula is C36H61O17+. The van der Waals surface area contributed by atoms with E-state index in [2.05, 4.69) is 6.08 Å². The van der Waals surface area contributed by atoms with Crippen LogP contribution < -0.4 is 0 Å². The highest BCUT2D eigenvalue weighted by Crippen LogP contribution is 2.44. The maximum atomic E-state index is 11.1. The van der Waals surface area contributed by atoms with Gasteiger partial charge in [-0.15, -0.1) is 0 Å². The molecule has 6 fully saturated rings. The van der Waals surface area contributed by atoms with E-state index >= 15 is 0 Å². The highest BCUT2D eigenvalue weighted by atomic mass is 16.7. The molecule has 3 heterocycles. The van der Waals surface area contributed by atoms with Gasteiger partial charge in [0.1, 0.15) is 54.9 Å². The van der Waals surface area contributed by atoms with Crippen molar-refractivity contribution in [2.75, 3.05) is 19.8 Å². The van der Waals surface area contributed by atoms with Crippen molar-refractivity contribution in [2.24, 2.45) is 17.8 Å². The molecule has 17 heteroatoms. The van der Waals surface area contributed by atoms with Crippen LogP contribution in [-0.2, 0) is 23.7 Å². The molecule has 19 atom stereocenters. The molecule has 0 aromatic heterocycles. The van der Waals surface area contributed by atoms with Gasteiger partial charge in [-0.1, -0.05) is 12.2 Å². The van der Waals surface area contributed by atoms with Crippen LogP contribution in [0.2, 0.25) is 0 Å². The van der Waals surface area contributed by atoms with Gasteiger partial charge in [0.25, 0.3) is 0 Å². The van der Waals surface area contributed by atoms with Gasteiger partial charge in [-0.3, -0.25) is 0 Å². The summed E-state index contributed by atoms with van der Waals surface area (Å²) in [6, 6.07) is 0. The van der Waals surface area contributed by atoms with Gasteiger partial charge in [0, 0.05) is 18.8 Å². The van der Waals surface area contributed by atoms with Crippen LogP contribution >= 0.6 is 0 Å². The lowest BCUT2D eigenvalue weighted by atomic mass is 9.72. The topological polar surface area (TPSA) is 281 Å². The van der Waals surface area contributed by atoms with Crippen molar-refractivity contribution in [2.45, 2.75) is 174 Å². The summed E-state index contributed by atoms with van der Waals surface area (Å²) < 4.78 is 35.1. The summed E-state index contributed by atoms with van der Waals surface area (Å²) in [6.45, 7) is -0.528. The quantitative estimate of drug-likeness (QED) is 0.0552. The van der Waals surface area contributed by atoms with Crippen molar-refractivity contribution < 1.29 is 84.6 Å². The summed E-state index contributed by atoms with van der Waals surface area (Å²) in [5.41, 5.74) is 0. The molecule has 6 aliphatic rings. The third-order valence-corrected chi connectivity index (χ3v) is 12.3. The summed E-state index contributed by atoms with van der Waals surface area (Å²) in [4.78, 5) is 0. The minimum atomic E-state index is -1.66. The highest BCUT2D eigenvalue weighted by Gasteiger charge is 2.56.